The number of ether oxygens (including phenoxy) is 1. The minimum atomic E-state index is -0.350. The Morgan fingerprint density at radius 1 is 1.24 bits per heavy atom. The third-order valence-corrected chi connectivity index (χ3v) is 5.00. The zero-order chi connectivity index (χ0) is 17.2. The molecule has 25 heavy (non-hydrogen) atoms. The number of piperazine rings is 1. The van der Waals surface area contributed by atoms with Gasteiger partial charge in [-0.25, -0.2) is 0 Å². The molecule has 6 nitrogen and oxygen atoms in total. The number of hydrogen-bond donors (Lipinski definition) is 0. The minimum Gasteiger partial charge on any atom is -0.480 e. The van der Waals surface area contributed by atoms with Gasteiger partial charge in [-0.2, -0.15) is 0 Å². The van der Waals surface area contributed by atoms with E-state index in [-0.39, 0.29) is 12.0 Å². The number of hydrogen-bond acceptors (Lipinski definition) is 5. The Kier molecular flexibility index (Phi) is 4.44. The van der Waals surface area contributed by atoms with Crippen molar-refractivity contribution in [2.45, 2.75) is 32.4 Å². The fraction of sp³-hybridized carbons (Fsp3) is 0.474. The average molecular weight is 341 g/mol. The van der Waals surface area contributed by atoms with Crippen LogP contribution in [0.25, 0.3) is 0 Å². The topological polar surface area (TPSA) is 58.8 Å². The molecule has 1 amide bonds. The van der Waals surface area contributed by atoms with Gasteiger partial charge >= 0.3 is 0 Å². The van der Waals surface area contributed by atoms with E-state index in [0.29, 0.717) is 0 Å². The average Bonchev–Trinajstić information content (AvgIpc) is 3.14. The standard InChI is InChI=1S/C19H23N3O3/c1-14-2-4-17-15(12-14)3-5-18(25-17)19(23)22-9-7-21(8-10-22)13-16-6-11-24-20-16/h2,4,6,11-12,18H,3,5,7-10,13H2,1H3/t18-/m1/s1. The zero-order valence-corrected chi connectivity index (χ0v) is 14.5. The molecule has 6 heteroatoms. The molecule has 0 N–H and O–H groups in total. The van der Waals surface area contributed by atoms with E-state index < -0.39 is 0 Å². The molecule has 3 heterocycles. The molecule has 0 aliphatic carbocycles. The first-order chi connectivity index (χ1) is 12.2. The molecule has 2 aromatic rings. The summed E-state index contributed by atoms with van der Waals surface area (Å²) in [6.07, 6.45) is 2.90. The van der Waals surface area contributed by atoms with Crippen molar-refractivity contribution in [3.05, 3.63) is 47.3 Å². The van der Waals surface area contributed by atoms with E-state index in [2.05, 4.69) is 23.0 Å². The van der Waals surface area contributed by atoms with Gasteiger partial charge in [0.05, 0.1) is 5.69 Å². The number of rotatable bonds is 3. The summed E-state index contributed by atoms with van der Waals surface area (Å²) in [6, 6.07) is 8.06. The molecule has 1 fully saturated rings. The molecule has 0 saturated carbocycles. The van der Waals surface area contributed by atoms with Gasteiger partial charge in [-0.15, -0.1) is 0 Å². The number of fused-ring (bicyclic) bond motifs is 1. The lowest BCUT2D eigenvalue weighted by Gasteiger charge is -2.37. The summed E-state index contributed by atoms with van der Waals surface area (Å²) in [7, 11) is 0. The maximum atomic E-state index is 12.8. The number of carbonyl (C=O) groups is 1. The first-order valence-corrected chi connectivity index (χ1v) is 8.85. The molecule has 0 bridgehead atoms. The lowest BCUT2D eigenvalue weighted by atomic mass is 9.99. The highest BCUT2D eigenvalue weighted by molar-refractivity contribution is 5.81. The number of nitrogens with zero attached hydrogens (tertiary/aromatic N) is 3. The van der Waals surface area contributed by atoms with Crippen LogP contribution < -0.4 is 4.74 Å². The van der Waals surface area contributed by atoms with Gasteiger partial charge in [-0.3, -0.25) is 9.69 Å². The van der Waals surface area contributed by atoms with E-state index in [4.69, 9.17) is 9.26 Å². The minimum absolute atomic E-state index is 0.118. The van der Waals surface area contributed by atoms with E-state index in [1.807, 2.05) is 23.1 Å². The van der Waals surface area contributed by atoms with Crippen molar-refractivity contribution >= 4 is 5.91 Å². The van der Waals surface area contributed by atoms with Gasteiger partial charge in [0.2, 0.25) is 0 Å². The fourth-order valence-electron chi connectivity index (χ4n) is 3.57. The van der Waals surface area contributed by atoms with Gasteiger partial charge in [-0.1, -0.05) is 22.9 Å². The summed E-state index contributed by atoms with van der Waals surface area (Å²) < 4.78 is 10.9. The van der Waals surface area contributed by atoms with Gasteiger partial charge < -0.3 is 14.2 Å². The van der Waals surface area contributed by atoms with Crippen molar-refractivity contribution in [1.29, 1.82) is 0 Å². The normalized spacial score (nSPS) is 20.8. The van der Waals surface area contributed by atoms with Crippen molar-refractivity contribution in [1.82, 2.24) is 15.0 Å². The van der Waals surface area contributed by atoms with Gasteiger partial charge in [0, 0.05) is 38.8 Å². The highest BCUT2D eigenvalue weighted by Gasteiger charge is 2.31. The molecule has 0 radical (unpaired) electrons. The Labute approximate surface area is 147 Å². The van der Waals surface area contributed by atoms with E-state index >= 15 is 0 Å². The molecule has 4 rings (SSSR count). The van der Waals surface area contributed by atoms with E-state index in [1.54, 1.807) is 6.26 Å². The van der Waals surface area contributed by atoms with Crippen LogP contribution in [-0.4, -0.2) is 53.1 Å². The number of aromatic nitrogens is 1. The second-order valence-corrected chi connectivity index (χ2v) is 6.85. The Hall–Kier alpha value is -2.34. The van der Waals surface area contributed by atoms with Crippen molar-refractivity contribution in [3.8, 4) is 5.75 Å². The molecule has 132 valence electrons. The molecule has 1 aromatic carbocycles. The predicted octanol–water partition coefficient (Wildman–Crippen LogP) is 2.02. The highest BCUT2D eigenvalue weighted by Crippen LogP contribution is 2.29. The van der Waals surface area contributed by atoms with Crippen LogP contribution in [0.5, 0.6) is 5.75 Å². The van der Waals surface area contributed by atoms with Crippen molar-refractivity contribution in [3.63, 3.8) is 0 Å². The summed E-state index contributed by atoms with van der Waals surface area (Å²) in [5, 5.41) is 3.95. The van der Waals surface area contributed by atoms with Crippen molar-refractivity contribution in [2.75, 3.05) is 26.2 Å². The summed E-state index contributed by atoms with van der Waals surface area (Å²) in [5.74, 6) is 0.979. The van der Waals surface area contributed by atoms with Crippen LogP contribution in [0.2, 0.25) is 0 Å². The Balaban J connectivity index is 1.32. The fourth-order valence-corrected chi connectivity index (χ4v) is 3.57. The number of carbonyl (C=O) groups excluding carboxylic acids is 1. The smallest absolute Gasteiger partial charge is 0.263 e. The highest BCUT2D eigenvalue weighted by atomic mass is 16.5. The summed E-state index contributed by atoms with van der Waals surface area (Å²) in [5.41, 5.74) is 3.37. The SMILES string of the molecule is Cc1ccc2c(c1)CC[C@H](C(=O)N1CCN(Cc3ccon3)CC1)O2. The monoisotopic (exact) mass is 341 g/mol. The maximum absolute atomic E-state index is 12.8. The summed E-state index contributed by atoms with van der Waals surface area (Å²) >= 11 is 0. The molecule has 1 atom stereocenters. The quantitative estimate of drug-likeness (QED) is 0.855. The van der Waals surface area contributed by atoms with Gasteiger partial charge in [0.1, 0.15) is 12.0 Å². The Morgan fingerprint density at radius 3 is 2.84 bits per heavy atom. The molecule has 2 aliphatic heterocycles. The molecule has 1 aromatic heterocycles. The third kappa shape index (κ3) is 3.54. The number of aryl methyl sites for hydroxylation is 2. The van der Waals surface area contributed by atoms with Crippen molar-refractivity contribution < 1.29 is 14.1 Å². The van der Waals surface area contributed by atoms with E-state index in [9.17, 15) is 4.79 Å². The Morgan fingerprint density at radius 2 is 2.08 bits per heavy atom. The second kappa shape index (κ2) is 6.88. The van der Waals surface area contributed by atoms with Gasteiger partial charge in [0.25, 0.3) is 5.91 Å². The second-order valence-electron chi connectivity index (χ2n) is 6.85. The molecular weight excluding hydrogens is 318 g/mol. The molecule has 1 saturated heterocycles. The van der Waals surface area contributed by atoms with Crippen LogP contribution in [0.4, 0.5) is 0 Å². The largest absolute Gasteiger partial charge is 0.480 e. The summed E-state index contributed by atoms with van der Waals surface area (Å²) in [4.78, 5) is 17.0. The van der Waals surface area contributed by atoms with Crippen LogP contribution in [-0.2, 0) is 17.8 Å². The van der Waals surface area contributed by atoms with Crippen LogP contribution in [0.3, 0.4) is 0 Å². The first kappa shape index (κ1) is 16.1. The first-order valence-electron chi connectivity index (χ1n) is 8.85. The zero-order valence-electron chi connectivity index (χ0n) is 14.5. The number of amides is 1. The lowest BCUT2D eigenvalue weighted by molar-refractivity contribution is -0.141. The van der Waals surface area contributed by atoms with E-state index in [0.717, 1.165) is 57.0 Å². The Bertz CT molecular complexity index is 736. The third-order valence-electron chi connectivity index (χ3n) is 5.00. The molecule has 2 aliphatic rings. The molecule has 0 unspecified atom stereocenters. The van der Waals surface area contributed by atoms with E-state index in [1.165, 1.54) is 11.1 Å². The van der Waals surface area contributed by atoms with Crippen LogP contribution in [0, 0.1) is 6.92 Å². The summed E-state index contributed by atoms with van der Waals surface area (Å²) in [6.45, 7) is 6.01. The van der Waals surface area contributed by atoms with Crippen LogP contribution >= 0.6 is 0 Å². The van der Waals surface area contributed by atoms with Gasteiger partial charge in [-0.05, 0) is 31.4 Å². The predicted molar refractivity (Wildman–Crippen MR) is 92.3 cm³/mol. The number of benzene rings is 1. The van der Waals surface area contributed by atoms with Crippen LogP contribution in [0.15, 0.2) is 35.1 Å². The molecular formula is C19H23N3O3. The maximum Gasteiger partial charge on any atom is 0.263 e. The van der Waals surface area contributed by atoms with Crippen LogP contribution in [0.1, 0.15) is 23.2 Å². The lowest BCUT2D eigenvalue weighted by Crippen LogP contribution is -2.52. The van der Waals surface area contributed by atoms with Crippen molar-refractivity contribution in [2.24, 2.45) is 0 Å². The van der Waals surface area contributed by atoms with Gasteiger partial charge in [0.15, 0.2) is 6.10 Å². The molecule has 0 spiro atoms.